The van der Waals surface area contributed by atoms with Crippen LogP contribution in [0.1, 0.15) is 13.3 Å². The zero-order valence-corrected chi connectivity index (χ0v) is 5.06. The second kappa shape index (κ2) is 6.63. The lowest BCUT2D eigenvalue weighted by atomic mass is 10.5. The summed E-state index contributed by atoms with van der Waals surface area (Å²) in [5.41, 5.74) is 0. The Hall–Kier alpha value is -0.370. The van der Waals surface area contributed by atoms with Crippen LogP contribution in [0.5, 0.6) is 0 Å². The number of hydrogen-bond donors (Lipinski definition) is 0. The fourth-order valence-corrected chi connectivity index (χ4v) is 0.332. The topological polar surface area (TPSA) is 9.23 Å². The van der Waals surface area contributed by atoms with Gasteiger partial charge in [-0.1, -0.05) is 6.92 Å². The second-order valence-corrected chi connectivity index (χ2v) is 1.44. The molecule has 0 fully saturated rings. The Morgan fingerprint density at radius 3 is 2.88 bits per heavy atom. The van der Waals surface area contributed by atoms with Crippen LogP contribution in [-0.4, -0.2) is 13.2 Å². The van der Waals surface area contributed by atoms with Gasteiger partial charge in [0.15, 0.2) is 0 Å². The monoisotopic (exact) mass is 118 g/mol. The first-order chi connectivity index (χ1) is 3.91. The maximum atomic E-state index is 11.2. The van der Waals surface area contributed by atoms with Gasteiger partial charge in [-0.15, -0.1) is 0 Å². The van der Waals surface area contributed by atoms with E-state index in [-0.39, 0.29) is 0 Å². The van der Waals surface area contributed by atoms with E-state index in [0.717, 1.165) is 6.42 Å². The molecule has 0 aliphatic rings. The molecule has 8 heavy (non-hydrogen) atoms. The maximum absolute atomic E-state index is 11.2. The number of hydrogen-bond acceptors (Lipinski definition) is 1. The van der Waals surface area contributed by atoms with E-state index in [1.165, 1.54) is 6.08 Å². The molecule has 0 unspecified atom stereocenters. The van der Waals surface area contributed by atoms with Crippen molar-refractivity contribution in [2.75, 3.05) is 13.2 Å². The lowest BCUT2D eigenvalue weighted by Crippen LogP contribution is -1.90. The molecule has 1 nitrogen and oxygen atoms in total. The van der Waals surface area contributed by atoms with Gasteiger partial charge in [0.05, 0.1) is 12.9 Å². The van der Waals surface area contributed by atoms with Crippen molar-refractivity contribution in [2.45, 2.75) is 13.3 Å². The Morgan fingerprint density at radius 1 is 1.62 bits per heavy atom. The Kier molecular flexibility index (Phi) is 6.32. The number of halogens is 1. The fourth-order valence-electron chi connectivity index (χ4n) is 0.332. The van der Waals surface area contributed by atoms with Gasteiger partial charge < -0.3 is 4.74 Å². The van der Waals surface area contributed by atoms with Crippen LogP contribution in [0.3, 0.4) is 0 Å². The molecule has 0 aliphatic carbocycles. The van der Waals surface area contributed by atoms with Crippen LogP contribution in [0.25, 0.3) is 0 Å². The van der Waals surface area contributed by atoms with Crippen LogP contribution in [0.2, 0.25) is 0 Å². The van der Waals surface area contributed by atoms with Crippen LogP contribution in [0.15, 0.2) is 12.4 Å². The summed E-state index contributed by atoms with van der Waals surface area (Å²) in [4.78, 5) is 0. The van der Waals surface area contributed by atoms with Crippen LogP contribution < -0.4 is 0 Å². The molecule has 0 saturated heterocycles. The Labute approximate surface area is 49.2 Å². The van der Waals surface area contributed by atoms with E-state index in [1.807, 2.05) is 6.92 Å². The van der Waals surface area contributed by atoms with Gasteiger partial charge in [-0.05, 0) is 12.5 Å². The summed E-state index contributed by atoms with van der Waals surface area (Å²) in [6.07, 6.45) is 2.82. The van der Waals surface area contributed by atoms with Gasteiger partial charge in [0.2, 0.25) is 0 Å². The SMILES string of the molecule is CCCOC/C=C/F. The van der Waals surface area contributed by atoms with Crippen LogP contribution in [0, 0.1) is 0 Å². The van der Waals surface area contributed by atoms with E-state index in [4.69, 9.17) is 4.74 Å². The highest BCUT2D eigenvalue weighted by Crippen LogP contribution is 1.80. The van der Waals surface area contributed by atoms with Crippen LogP contribution in [0.4, 0.5) is 4.39 Å². The van der Waals surface area contributed by atoms with Crippen molar-refractivity contribution in [3.05, 3.63) is 12.4 Å². The van der Waals surface area contributed by atoms with E-state index in [2.05, 4.69) is 0 Å². The molecule has 0 aliphatic heterocycles. The molecule has 0 bridgehead atoms. The second-order valence-electron chi connectivity index (χ2n) is 1.44. The predicted octanol–water partition coefficient (Wildman–Crippen LogP) is 1.90. The van der Waals surface area contributed by atoms with Crippen molar-refractivity contribution in [1.29, 1.82) is 0 Å². The summed E-state index contributed by atoms with van der Waals surface area (Å²) >= 11 is 0. The highest BCUT2D eigenvalue weighted by Gasteiger charge is 1.77. The molecule has 0 spiro atoms. The normalized spacial score (nSPS) is 10.8. The minimum Gasteiger partial charge on any atom is -0.377 e. The molecule has 0 aromatic heterocycles. The van der Waals surface area contributed by atoms with Gasteiger partial charge in [0.1, 0.15) is 0 Å². The summed E-state index contributed by atoms with van der Waals surface area (Å²) in [6, 6.07) is 0. The molecule has 0 aromatic carbocycles. The highest BCUT2D eigenvalue weighted by molar-refractivity contribution is 4.70. The molecule has 0 radical (unpaired) electrons. The molecule has 0 aromatic rings. The summed E-state index contributed by atoms with van der Waals surface area (Å²) in [5.74, 6) is 0. The molecule has 0 amide bonds. The molecule has 0 heterocycles. The largest absolute Gasteiger partial charge is 0.377 e. The van der Waals surface area contributed by atoms with Gasteiger partial charge in [-0.2, -0.15) is 0 Å². The van der Waals surface area contributed by atoms with Crippen molar-refractivity contribution < 1.29 is 9.13 Å². The molecule has 0 saturated carbocycles. The van der Waals surface area contributed by atoms with Gasteiger partial charge in [0.25, 0.3) is 0 Å². The average molecular weight is 118 g/mol. The molecule has 0 rings (SSSR count). The third kappa shape index (κ3) is 5.63. The number of rotatable bonds is 4. The van der Waals surface area contributed by atoms with Crippen molar-refractivity contribution in [3.63, 3.8) is 0 Å². The smallest absolute Gasteiger partial charge is 0.0849 e. The van der Waals surface area contributed by atoms with Crippen molar-refractivity contribution >= 4 is 0 Å². The summed E-state index contributed by atoms with van der Waals surface area (Å²) in [7, 11) is 0. The standard InChI is InChI=1S/C6H11FO/c1-2-5-8-6-3-4-7/h3-4H,2,5-6H2,1H3/b4-3+. The van der Waals surface area contributed by atoms with Gasteiger partial charge >= 0.3 is 0 Å². The third-order valence-electron chi connectivity index (χ3n) is 0.652. The number of ether oxygens (including phenoxy) is 1. The third-order valence-corrected chi connectivity index (χ3v) is 0.652. The van der Waals surface area contributed by atoms with Crippen LogP contribution in [-0.2, 0) is 4.74 Å². The lowest BCUT2D eigenvalue weighted by molar-refractivity contribution is 0.162. The fraction of sp³-hybridized carbons (Fsp3) is 0.667. The quantitative estimate of drug-likeness (QED) is 0.512. The van der Waals surface area contributed by atoms with E-state index < -0.39 is 0 Å². The highest BCUT2D eigenvalue weighted by atomic mass is 19.1. The minimum atomic E-state index is 0.393. The Bertz CT molecular complexity index is 61.5. The van der Waals surface area contributed by atoms with Crippen molar-refractivity contribution in [2.24, 2.45) is 0 Å². The lowest BCUT2D eigenvalue weighted by Gasteiger charge is -1.93. The van der Waals surface area contributed by atoms with Crippen LogP contribution >= 0.6 is 0 Å². The van der Waals surface area contributed by atoms with Gasteiger partial charge in [-0.3, -0.25) is 0 Å². The van der Waals surface area contributed by atoms with E-state index >= 15 is 0 Å². The van der Waals surface area contributed by atoms with E-state index in [0.29, 0.717) is 19.5 Å². The first-order valence-electron chi connectivity index (χ1n) is 2.74. The Balaban J connectivity index is 2.72. The zero-order chi connectivity index (χ0) is 6.24. The molecular weight excluding hydrogens is 107 g/mol. The van der Waals surface area contributed by atoms with Gasteiger partial charge in [0, 0.05) is 6.61 Å². The zero-order valence-electron chi connectivity index (χ0n) is 5.06. The van der Waals surface area contributed by atoms with E-state index in [1.54, 1.807) is 0 Å². The molecule has 0 N–H and O–H groups in total. The maximum Gasteiger partial charge on any atom is 0.0849 e. The first-order valence-corrected chi connectivity index (χ1v) is 2.74. The predicted molar refractivity (Wildman–Crippen MR) is 31.4 cm³/mol. The summed E-state index contributed by atoms with van der Waals surface area (Å²) in [6.45, 7) is 3.12. The van der Waals surface area contributed by atoms with Crippen molar-refractivity contribution in [1.82, 2.24) is 0 Å². The molecule has 0 atom stereocenters. The van der Waals surface area contributed by atoms with Crippen molar-refractivity contribution in [3.8, 4) is 0 Å². The minimum absolute atomic E-state index is 0.393. The molecule has 48 valence electrons. The van der Waals surface area contributed by atoms with Gasteiger partial charge in [-0.25, -0.2) is 4.39 Å². The molecular formula is C6H11FO. The van der Waals surface area contributed by atoms with E-state index in [9.17, 15) is 4.39 Å². The molecule has 2 heteroatoms. The Morgan fingerprint density at radius 2 is 2.38 bits per heavy atom. The average Bonchev–Trinajstić information content (AvgIpc) is 1.81. The summed E-state index contributed by atoms with van der Waals surface area (Å²) < 4.78 is 16.1. The summed E-state index contributed by atoms with van der Waals surface area (Å²) in [5, 5.41) is 0. The first kappa shape index (κ1) is 7.63.